The number of benzene rings is 3. The number of methoxy groups -OCH3 is 1. The van der Waals surface area contributed by atoms with Crippen LogP contribution in [0.5, 0.6) is 5.75 Å². The Labute approximate surface area is 192 Å². The second-order valence-corrected chi connectivity index (χ2v) is 9.56. The van der Waals surface area contributed by atoms with Crippen LogP contribution >= 0.6 is 0 Å². The minimum atomic E-state index is -3.47. The number of para-hydroxylation sites is 1. The van der Waals surface area contributed by atoms with E-state index in [0.29, 0.717) is 17.0 Å². The van der Waals surface area contributed by atoms with Crippen LogP contribution in [0.3, 0.4) is 0 Å². The Balaban J connectivity index is 1.70. The van der Waals surface area contributed by atoms with Crippen molar-refractivity contribution in [3.8, 4) is 5.75 Å². The van der Waals surface area contributed by atoms with E-state index in [9.17, 15) is 18.4 Å². The van der Waals surface area contributed by atoms with Gasteiger partial charge in [0.2, 0.25) is 0 Å². The first-order chi connectivity index (χ1) is 15.8. The average Bonchev–Trinajstić information content (AvgIpc) is 2.95. The maximum absolute atomic E-state index is 13.1. The first-order valence-corrected chi connectivity index (χ1v) is 12.0. The van der Waals surface area contributed by atoms with Gasteiger partial charge in [-0.05, 0) is 24.3 Å². The van der Waals surface area contributed by atoms with Crippen molar-refractivity contribution >= 4 is 27.1 Å². The number of benzodiazepines with no additional fused rings is 1. The molecule has 0 fully saturated rings. The first-order valence-electron chi connectivity index (χ1n) is 10.1. The molecular weight excluding hydrogens is 442 g/mol. The van der Waals surface area contributed by atoms with Crippen LogP contribution in [0.25, 0.3) is 0 Å². The van der Waals surface area contributed by atoms with E-state index in [1.165, 1.54) is 25.3 Å². The van der Waals surface area contributed by atoms with E-state index in [1.54, 1.807) is 12.1 Å². The molecule has 1 heterocycles. The van der Waals surface area contributed by atoms with Crippen molar-refractivity contribution in [1.29, 1.82) is 0 Å². The predicted molar refractivity (Wildman–Crippen MR) is 127 cm³/mol. The Bertz CT molecular complexity index is 1320. The maximum atomic E-state index is 13.1. The molecule has 1 unspecified atom stereocenters. The Morgan fingerprint density at radius 1 is 1.09 bits per heavy atom. The van der Waals surface area contributed by atoms with E-state index in [4.69, 9.17) is 9.73 Å². The van der Waals surface area contributed by atoms with E-state index in [1.807, 2.05) is 42.5 Å². The molecule has 3 aromatic rings. The van der Waals surface area contributed by atoms with Crippen LogP contribution in [0.4, 0.5) is 5.69 Å². The van der Waals surface area contributed by atoms with Gasteiger partial charge in [0.15, 0.2) is 9.84 Å². The minimum absolute atomic E-state index is 0.0379. The molecule has 1 atom stereocenters. The topological polar surface area (TPSA) is 111 Å². The van der Waals surface area contributed by atoms with Gasteiger partial charge in [-0.2, -0.15) is 0 Å². The second kappa shape index (κ2) is 9.05. The summed E-state index contributed by atoms with van der Waals surface area (Å²) in [5.41, 5.74) is 2.68. The predicted octanol–water partition coefficient (Wildman–Crippen LogP) is 3.01. The monoisotopic (exact) mass is 464 g/mol. The summed E-state index contributed by atoms with van der Waals surface area (Å²) < 4.78 is 28.9. The summed E-state index contributed by atoms with van der Waals surface area (Å²) in [7, 11) is -2.11. The van der Waals surface area contributed by atoms with Crippen molar-refractivity contribution in [2.75, 3.05) is 25.0 Å². The van der Waals surface area contributed by atoms with E-state index >= 15 is 0 Å². The molecule has 1 N–H and O–H groups in total. The summed E-state index contributed by atoms with van der Waals surface area (Å²) in [5.74, 6) is -0.425. The molecule has 8 nitrogen and oxygen atoms in total. The zero-order valence-electron chi connectivity index (χ0n) is 18.1. The fraction of sp³-hybridized carbons (Fsp3) is 0.167. The molecule has 33 heavy (non-hydrogen) atoms. The molecule has 0 aliphatic carbocycles. The molecule has 0 saturated heterocycles. The number of hydrogen-bond donors (Lipinski definition) is 1. The smallest absolute Gasteiger partial charge is 0.256 e. The minimum Gasteiger partial charge on any atom is -0.758 e. The summed E-state index contributed by atoms with van der Waals surface area (Å²) in [6.07, 6.45) is 0.227. The highest BCUT2D eigenvalue weighted by Gasteiger charge is 2.24. The fourth-order valence-corrected chi connectivity index (χ4v) is 4.27. The third-order valence-electron chi connectivity index (χ3n) is 5.24. The van der Waals surface area contributed by atoms with Crippen LogP contribution in [-0.4, -0.2) is 46.1 Å². The number of hydrogen-bond acceptors (Lipinski definition) is 7. The SMILES string of the molecule is COc1cc(S(C)(=O)=O)ccc1C(=O)NC1CN([O-])c2ccccc2C(c2ccccc2)=N1. The molecule has 1 aliphatic rings. The van der Waals surface area contributed by atoms with Gasteiger partial charge in [-0.25, -0.2) is 8.42 Å². The van der Waals surface area contributed by atoms with Gasteiger partial charge < -0.3 is 20.3 Å². The van der Waals surface area contributed by atoms with Crippen molar-refractivity contribution in [2.45, 2.75) is 11.1 Å². The third-order valence-corrected chi connectivity index (χ3v) is 6.35. The molecule has 0 radical (unpaired) electrons. The maximum Gasteiger partial charge on any atom is 0.256 e. The number of carbonyl (C=O) groups excluding carboxylic acids is 1. The lowest BCUT2D eigenvalue weighted by Crippen LogP contribution is -2.40. The van der Waals surface area contributed by atoms with Gasteiger partial charge >= 0.3 is 0 Å². The van der Waals surface area contributed by atoms with Gasteiger partial charge in [0.1, 0.15) is 11.9 Å². The normalized spacial score (nSPS) is 15.8. The Kier molecular flexibility index (Phi) is 6.17. The Hall–Kier alpha value is -3.69. The zero-order valence-corrected chi connectivity index (χ0v) is 18.9. The van der Waals surface area contributed by atoms with Crippen molar-refractivity contribution in [1.82, 2.24) is 5.32 Å². The van der Waals surface area contributed by atoms with Crippen LogP contribution in [0.2, 0.25) is 0 Å². The molecule has 1 aliphatic heterocycles. The Morgan fingerprint density at radius 3 is 2.48 bits per heavy atom. The van der Waals surface area contributed by atoms with Crippen LogP contribution in [-0.2, 0) is 9.84 Å². The molecule has 9 heteroatoms. The summed E-state index contributed by atoms with van der Waals surface area (Å²) in [5, 5.41) is 16.5. The molecule has 1 amide bonds. The zero-order chi connectivity index (χ0) is 23.6. The molecular formula is C24H22N3O5S-. The van der Waals surface area contributed by atoms with Crippen molar-refractivity contribution < 1.29 is 17.9 Å². The first kappa shape index (κ1) is 22.5. The molecule has 0 spiro atoms. The highest BCUT2D eigenvalue weighted by Crippen LogP contribution is 2.27. The van der Waals surface area contributed by atoms with E-state index < -0.39 is 21.9 Å². The number of fused-ring (bicyclic) bond motifs is 1. The second-order valence-electron chi connectivity index (χ2n) is 7.55. The lowest BCUT2D eigenvalue weighted by Gasteiger charge is -2.32. The lowest BCUT2D eigenvalue weighted by molar-refractivity contribution is 0.0936. The number of ether oxygens (including phenoxy) is 1. The van der Waals surface area contributed by atoms with Gasteiger partial charge in [0.25, 0.3) is 5.91 Å². The third kappa shape index (κ3) is 4.74. The van der Waals surface area contributed by atoms with Gasteiger partial charge in [-0.3, -0.25) is 9.79 Å². The van der Waals surface area contributed by atoms with E-state index in [2.05, 4.69) is 5.32 Å². The number of sulfone groups is 1. The lowest BCUT2D eigenvalue weighted by atomic mass is 10.0. The quantitative estimate of drug-likeness (QED) is 0.621. The standard InChI is InChI=1S/C24H22N3O5S/c1-32-21-14-17(33(2,30)31)12-13-19(21)24(28)26-22-15-27(29)20-11-7-6-10-18(20)23(25-22)16-8-4-3-5-9-16/h3-14,22H,15H2,1-2H3,(H,26,28)/q-1. The molecule has 0 bridgehead atoms. The van der Waals surface area contributed by atoms with Crippen LogP contribution in [0, 0.1) is 5.21 Å². The number of aliphatic imine (C=N–C) groups is 1. The van der Waals surface area contributed by atoms with Crippen molar-refractivity contribution in [2.24, 2.45) is 4.99 Å². The molecule has 0 aromatic heterocycles. The number of hydroxylamine groups is 1. The Morgan fingerprint density at radius 2 is 1.79 bits per heavy atom. The summed E-state index contributed by atoms with van der Waals surface area (Å²) >= 11 is 0. The summed E-state index contributed by atoms with van der Waals surface area (Å²) in [6, 6.07) is 20.6. The molecule has 3 aromatic carbocycles. The fourth-order valence-electron chi connectivity index (χ4n) is 3.64. The van der Waals surface area contributed by atoms with Gasteiger partial charge in [0.05, 0.1) is 23.3 Å². The molecule has 170 valence electrons. The average molecular weight is 465 g/mol. The number of anilines is 1. The summed E-state index contributed by atoms with van der Waals surface area (Å²) in [4.78, 5) is 17.8. The van der Waals surface area contributed by atoms with Gasteiger partial charge in [0, 0.05) is 29.6 Å². The molecule has 4 rings (SSSR count). The van der Waals surface area contributed by atoms with E-state index in [0.717, 1.165) is 16.9 Å². The largest absolute Gasteiger partial charge is 0.758 e. The van der Waals surface area contributed by atoms with Gasteiger partial charge in [-0.15, -0.1) is 0 Å². The van der Waals surface area contributed by atoms with Crippen LogP contribution < -0.4 is 15.1 Å². The van der Waals surface area contributed by atoms with Crippen molar-refractivity contribution in [3.63, 3.8) is 0 Å². The summed E-state index contributed by atoms with van der Waals surface area (Å²) in [6.45, 7) is -0.0944. The molecule has 0 saturated carbocycles. The highest BCUT2D eigenvalue weighted by molar-refractivity contribution is 7.90. The van der Waals surface area contributed by atoms with Gasteiger partial charge in [-0.1, -0.05) is 48.5 Å². The number of nitrogens with zero attached hydrogens (tertiary/aromatic N) is 2. The van der Waals surface area contributed by atoms with E-state index in [-0.39, 0.29) is 22.8 Å². The number of amides is 1. The highest BCUT2D eigenvalue weighted by atomic mass is 32.2. The van der Waals surface area contributed by atoms with Crippen molar-refractivity contribution in [3.05, 3.63) is 94.7 Å². The number of nitrogens with one attached hydrogen (secondary N) is 1. The van der Waals surface area contributed by atoms with Crippen LogP contribution in [0.15, 0.2) is 82.7 Å². The number of carbonyl (C=O) groups is 1. The number of rotatable bonds is 5. The van der Waals surface area contributed by atoms with Crippen LogP contribution in [0.1, 0.15) is 21.5 Å².